The van der Waals surface area contributed by atoms with Gasteiger partial charge in [0, 0.05) is 30.6 Å². The second-order valence-corrected chi connectivity index (χ2v) is 10.8. The number of fused-ring (bicyclic) bond motifs is 1. The van der Waals surface area contributed by atoms with E-state index in [1.165, 1.54) is 12.8 Å². The molecular weight excluding hydrogens is 493 g/mol. The van der Waals surface area contributed by atoms with E-state index in [-0.39, 0.29) is 5.91 Å². The molecule has 38 heavy (non-hydrogen) atoms. The number of aromatic nitrogens is 2. The molecule has 3 N–H and O–H groups in total. The Balaban J connectivity index is 1.30. The lowest BCUT2D eigenvalue weighted by molar-refractivity contribution is -0.137. The fourth-order valence-corrected chi connectivity index (χ4v) is 6.12. The molecule has 1 amide bonds. The minimum Gasteiger partial charge on any atom is -0.378 e. The summed E-state index contributed by atoms with van der Waals surface area (Å²) in [4.78, 5) is 18.0. The van der Waals surface area contributed by atoms with Crippen molar-refractivity contribution in [2.45, 2.75) is 88.1 Å². The summed E-state index contributed by atoms with van der Waals surface area (Å²) in [6.07, 6.45) is 6.18. The third-order valence-electron chi connectivity index (χ3n) is 8.18. The van der Waals surface area contributed by atoms with Crippen molar-refractivity contribution in [3.05, 3.63) is 71.2 Å². The van der Waals surface area contributed by atoms with E-state index in [9.17, 15) is 23.1 Å². The zero-order valence-electron chi connectivity index (χ0n) is 21.4. The number of aliphatic hydroxyl groups excluding tert-OH is 1. The second-order valence-electron chi connectivity index (χ2n) is 10.8. The number of halogens is 3. The van der Waals surface area contributed by atoms with Crippen LogP contribution in [0.1, 0.15) is 85.1 Å². The Morgan fingerprint density at radius 2 is 1.76 bits per heavy atom. The van der Waals surface area contributed by atoms with Gasteiger partial charge in [0.1, 0.15) is 17.6 Å². The van der Waals surface area contributed by atoms with E-state index in [1.807, 2.05) is 6.07 Å². The van der Waals surface area contributed by atoms with E-state index in [1.54, 1.807) is 34.9 Å². The average molecular weight is 529 g/mol. The third-order valence-corrected chi connectivity index (χ3v) is 8.18. The first-order chi connectivity index (χ1) is 18.2. The van der Waals surface area contributed by atoms with Crippen molar-refractivity contribution in [2.24, 2.45) is 0 Å². The van der Waals surface area contributed by atoms with Gasteiger partial charge in [-0.2, -0.15) is 13.2 Å². The quantitative estimate of drug-likeness (QED) is 0.343. The number of benzene rings is 1. The Morgan fingerprint density at radius 1 is 1.05 bits per heavy atom. The van der Waals surface area contributed by atoms with E-state index in [0.29, 0.717) is 36.0 Å². The maximum Gasteiger partial charge on any atom is 0.416 e. The van der Waals surface area contributed by atoms with E-state index in [4.69, 9.17) is 0 Å². The summed E-state index contributed by atoms with van der Waals surface area (Å²) in [5.74, 6) is -0.263. The van der Waals surface area contributed by atoms with Crippen LogP contribution in [-0.2, 0) is 18.0 Å². The molecule has 1 aromatic carbocycles. The average Bonchev–Trinajstić information content (AvgIpc) is 3.56. The number of hydrogen-bond acceptors (Lipinski definition) is 4. The zero-order valence-corrected chi connectivity index (χ0v) is 21.4. The number of carbonyl (C=O) groups is 1. The van der Waals surface area contributed by atoms with E-state index in [0.717, 1.165) is 62.6 Å². The SMILES string of the molecule is O=C(NCC1(c2ccc(C(F)(F)F)cc2)CCCCC1)c1cccc2nc(CC(O)NC3CCCC3)cn12. The van der Waals surface area contributed by atoms with Gasteiger partial charge in [-0.15, -0.1) is 0 Å². The minimum atomic E-state index is -4.38. The van der Waals surface area contributed by atoms with Crippen molar-refractivity contribution in [2.75, 3.05) is 6.54 Å². The fourth-order valence-electron chi connectivity index (χ4n) is 6.12. The number of rotatable bonds is 8. The molecule has 0 aliphatic heterocycles. The molecule has 2 heterocycles. The molecule has 0 radical (unpaired) electrons. The third kappa shape index (κ3) is 5.89. The smallest absolute Gasteiger partial charge is 0.378 e. The van der Waals surface area contributed by atoms with Crippen LogP contribution in [0.4, 0.5) is 13.2 Å². The molecule has 2 fully saturated rings. The maximum atomic E-state index is 13.4. The Morgan fingerprint density at radius 3 is 2.45 bits per heavy atom. The number of nitrogens with zero attached hydrogens (tertiary/aromatic N) is 2. The number of hydrogen-bond donors (Lipinski definition) is 3. The first kappa shape index (κ1) is 26.7. The van der Waals surface area contributed by atoms with Crippen LogP contribution in [0, 0.1) is 0 Å². The highest BCUT2D eigenvalue weighted by Gasteiger charge is 2.36. The lowest BCUT2D eigenvalue weighted by Crippen LogP contribution is -2.42. The number of carbonyl (C=O) groups excluding carboxylic acids is 1. The second kappa shape index (κ2) is 11.1. The number of alkyl halides is 3. The van der Waals surface area contributed by atoms with Gasteiger partial charge in [0.05, 0.1) is 11.3 Å². The van der Waals surface area contributed by atoms with Gasteiger partial charge in [-0.25, -0.2) is 4.98 Å². The van der Waals surface area contributed by atoms with Gasteiger partial charge < -0.3 is 10.4 Å². The molecule has 2 saturated carbocycles. The summed E-state index contributed by atoms with van der Waals surface area (Å²) in [6.45, 7) is 0.346. The van der Waals surface area contributed by atoms with Gasteiger partial charge in [-0.3, -0.25) is 14.5 Å². The van der Waals surface area contributed by atoms with Crippen LogP contribution < -0.4 is 10.6 Å². The lowest BCUT2D eigenvalue weighted by Gasteiger charge is -2.38. The van der Waals surface area contributed by atoms with Crippen molar-refractivity contribution in [1.29, 1.82) is 0 Å². The van der Waals surface area contributed by atoms with Crippen molar-refractivity contribution >= 4 is 11.6 Å². The summed E-state index contributed by atoms with van der Waals surface area (Å²) in [6, 6.07) is 11.1. The standard InChI is InChI=1S/C29H35F3N4O2/c30-29(31,32)21-13-11-20(12-14-21)28(15-4-1-5-16-28)19-33-27(38)24-9-6-10-25-34-23(18-36(24)25)17-26(37)35-22-7-2-3-8-22/h6,9-14,18,22,26,35,37H,1-5,7-8,15-17,19H2,(H,33,38). The molecule has 0 bridgehead atoms. The van der Waals surface area contributed by atoms with Gasteiger partial charge in [-0.1, -0.05) is 50.3 Å². The minimum absolute atomic E-state index is 0.263. The molecule has 3 aromatic rings. The highest BCUT2D eigenvalue weighted by atomic mass is 19.4. The normalized spacial score (nSPS) is 19.1. The number of imidazole rings is 1. The first-order valence-corrected chi connectivity index (χ1v) is 13.6. The highest BCUT2D eigenvalue weighted by molar-refractivity contribution is 5.93. The van der Waals surface area contributed by atoms with Crippen LogP contribution in [0.3, 0.4) is 0 Å². The topological polar surface area (TPSA) is 78.7 Å². The van der Waals surface area contributed by atoms with Crippen LogP contribution in [-0.4, -0.2) is 39.2 Å². The monoisotopic (exact) mass is 528 g/mol. The van der Waals surface area contributed by atoms with E-state index >= 15 is 0 Å². The van der Waals surface area contributed by atoms with Crippen molar-refractivity contribution < 1.29 is 23.1 Å². The molecule has 1 unspecified atom stereocenters. The summed E-state index contributed by atoms with van der Waals surface area (Å²) in [7, 11) is 0. The van der Waals surface area contributed by atoms with Crippen molar-refractivity contribution in [3.63, 3.8) is 0 Å². The molecule has 2 aliphatic carbocycles. The lowest BCUT2D eigenvalue weighted by atomic mass is 9.69. The van der Waals surface area contributed by atoms with Crippen LogP contribution in [0.15, 0.2) is 48.7 Å². The van der Waals surface area contributed by atoms with E-state index in [2.05, 4.69) is 15.6 Å². The van der Waals surface area contributed by atoms with Gasteiger partial charge in [0.25, 0.3) is 5.91 Å². The van der Waals surface area contributed by atoms with E-state index < -0.39 is 23.4 Å². The first-order valence-electron chi connectivity index (χ1n) is 13.6. The maximum absolute atomic E-state index is 13.4. The number of pyridine rings is 1. The van der Waals surface area contributed by atoms with Crippen molar-refractivity contribution in [1.82, 2.24) is 20.0 Å². The summed E-state index contributed by atoms with van der Waals surface area (Å²) < 4.78 is 41.1. The molecule has 2 aromatic heterocycles. The summed E-state index contributed by atoms with van der Waals surface area (Å²) in [5, 5.41) is 16.8. The Labute approximate surface area is 220 Å². The molecule has 0 saturated heterocycles. The molecular formula is C29H35F3N4O2. The van der Waals surface area contributed by atoms with Crippen LogP contribution >= 0.6 is 0 Å². The zero-order chi connectivity index (χ0) is 26.8. The predicted octanol–water partition coefficient (Wildman–Crippen LogP) is 5.38. The highest BCUT2D eigenvalue weighted by Crippen LogP contribution is 2.40. The summed E-state index contributed by atoms with van der Waals surface area (Å²) in [5.41, 5.74) is 1.51. The molecule has 5 rings (SSSR count). The molecule has 204 valence electrons. The van der Waals surface area contributed by atoms with Gasteiger partial charge >= 0.3 is 6.18 Å². The Kier molecular flexibility index (Phi) is 7.77. The van der Waals surface area contributed by atoms with Crippen LogP contribution in [0.25, 0.3) is 5.65 Å². The summed E-state index contributed by atoms with van der Waals surface area (Å²) >= 11 is 0. The Bertz CT molecular complexity index is 1240. The molecule has 9 heteroatoms. The number of nitrogens with one attached hydrogen (secondary N) is 2. The van der Waals surface area contributed by atoms with Crippen molar-refractivity contribution in [3.8, 4) is 0 Å². The Hall–Kier alpha value is -2.91. The largest absolute Gasteiger partial charge is 0.416 e. The van der Waals surface area contributed by atoms with Gasteiger partial charge in [-0.05, 0) is 55.5 Å². The van der Waals surface area contributed by atoms with Gasteiger partial charge in [0.2, 0.25) is 0 Å². The number of aliphatic hydroxyl groups is 1. The molecule has 1 atom stereocenters. The predicted molar refractivity (Wildman–Crippen MR) is 139 cm³/mol. The van der Waals surface area contributed by atoms with Crippen LogP contribution in [0.2, 0.25) is 0 Å². The van der Waals surface area contributed by atoms with Crippen LogP contribution in [0.5, 0.6) is 0 Å². The fraction of sp³-hybridized carbons (Fsp3) is 0.517. The number of amides is 1. The van der Waals surface area contributed by atoms with Gasteiger partial charge in [0.15, 0.2) is 0 Å². The molecule has 0 spiro atoms. The molecule has 2 aliphatic rings. The molecule has 6 nitrogen and oxygen atoms in total.